The minimum absolute atomic E-state index is 0.383. The van der Waals surface area contributed by atoms with Crippen molar-refractivity contribution in [2.45, 2.75) is 13.0 Å². The number of rotatable bonds is 5. The molecule has 0 saturated heterocycles. The Labute approximate surface area is 109 Å². The van der Waals surface area contributed by atoms with E-state index in [0.29, 0.717) is 24.9 Å². The minimum atomic E-state index is 0.383. The van der Waals surface area contributed by atoms with Gasteiger partial charge in [-0.05, 0) is 5.56 Å². The molecule has 0 radical (unpaired) electrons. The summed E-state index contributed by atoms with van der Waals surface area (Å²) in [5.41, 5.74) is 1.91. The Morgan fingerprint density at radius 2 is 1.95 bits per heavy atom. The van der Waals surface area contributed by atoms with Gasteiger partial charge in [0.2, 0.25) is 5.89 Å². The van der Waals surface area contributed by atoms with Crippen LogP contribution < -0.4 is 5.32 Å². The average molecular weight is 256 g/mol. The van der Waals surface area contributed by atoms with E-state index in [2.05, 4.69) is 20.7 Å². The highest BCUT2D eigenvalue weighted by atomic mass is 16.5. The summed E-state index contributed by atoms with van der Waals surface area (Å²) >= 11 is 0. The van der Waals surface area contributed by atoms with E-state index in [1.807, 2.05) is 30.3 Å². The highest BCUT2D eigenvalue weighted by Gasteiger charge is 2.07. The highest BCUT2D eigenvalue weighted by molar-refractivity contribution is 5.22. The van der Waals surface area contributed by atoms with Crippen LogP contribution in [0.2, 0.25) is 0 Å². The Morgan fingerprint density at radius 3 is 2.74 bits per heavy atom. The fourth-order valence-electron chi connectivity index (χ4n) is 1.66. The maximum atomic E-state index is 5.49. The SMILES string of the molecule is c1ccc(Cc2nnc(NCc3ccon3)o2)cc1. The van der Waals surface area contributed by atoms with E-state index in [1.54, 1.807) is 6.07 Å². The number of hydrogen-bond acceptors (Lipinski definition) is 6. The van der Waals surface area contributed by atoms with E-state index in [9.17, 15) is 0 Å². The summed E-state index contributed by atoms with van der Waals surface area (Å²) in [4.78, 5) is 0. The van der Waals surface area contributed by atoms with E-state index in [0.717, 1.165) is 11.3 Å². The maximum absolute atomic E-state index is 5.49. The molecule has 0 aliphatic carbocycles. The molecule has 6 heteroatoms. The molecule has 0 saturated carbocycles. The summed E-state index contributed by atoms with van der Waals surface area (Å²) < 4.78 is 10.2. The van der Waals surface area contributed by atoms with Crippen molar-refractivity contribution < 1.29 is 8.94 Å². The van der Waals surface area contributed by atoms with Gasteiger partial charge in [0.15, 0.2) is 0 Å². The predicted octanol–water partition coefficient (Wildman–Crippen LogP) is 2.26. The van der Waals surface area contributed by atoms with Crippen molar-refractivity contribution in [1.29, 1.82) is 0 Å². The van der Waals surface area contributed by atoms with E-state index < -0.39 is 0 Å². The fourth-order valence-corrected chi connectivity index (χ4v) is 1.66. The molecule has 0 spiro atoms. The zero-order valence-electron chi connectivity index (χ0n) is 10.1. The zero-order valence-corrected chi connectivity index (χ0v) is 10.1. The third-order valence-corrected chi connectivity index (χ3v) is 2.58. The van der Waals surface area contributed by atoms with Crippen LogP contribution in [0.1, 0.15) is 17.1 Å². The molecule has 0 amide bonds. The molecular formula is C13H12N4O2. The van der Waals surface area contributed by atoms with Crippen molar-refractivity contribution in [3.8, 4) is 0 Å². The molecule has 2 heterocycles. The van der Waals surface area contributed by atoms with E-state index in [1.165, 1.54) is 6.26 Å². The van der Waals surface area contributed by atoms with Crippen molar-refractivity contribution >= 4 is 6.01 Å². The molecule has 0 unspecified atom stereocenters. The Morgan fingerprint density at radius 1 is 1.05 bits per heavy atom. The number of aromatic nitrogens is 3. The molecule has 0 aliphatic rings. The van der Waals surface area contributed by atoms with Crippen LogP contribution >= 0.6 is 0 Å². The lowest BCUT2D eigenvalue weighted by molar-refractivity contribution is 0.412. The fraction of sp³-hybridized carbons (Fsp3) is 0.154. The molecule has 96 valence electrons. The third-order valence-electron chi connectivity index (χ3n) is 2.58. The van der Waals surface area contributed by atoms with Gasteiger partial charge in [-0.1, -0.05) is 40.6 Å². The standard InChI is InChI=1S/C13H12N4O2/c1-2-4-10(5-3-1)8-12-15-16-13(19-12)14-9-11-6-7-18-17-11/h1-7H,8-9H2,(H,14,16). The zero-order chi connectivity index (χ0) is 12.9. The topological polar surface area (TPSA) is 77.0 Å². The number of anilines is 1. The molecule has 0 aliphatic heterocycles. The summed E-state index contributed by atoms with van der Waals surface area (Å²) in [5, 5.41) is 14.7. The molecular weight excluding hydrogens is 244 g/mol. The van der Waals surface area contributed by atoms with Crippen LogP contribution in [0, 0.1) is 0 Å². The van der Waals surface area contributed by atoms with Crippen molar-refractivity contribution in [1.82, 2.24) is 15.4 Å². The van der Waals surface area contributed by atoms with Gasteiger partial charge in [0.25, 0.3) is 0 Å². The number of nitrogens with one attached hydrogen (secondary N) is 1. The Balaban J connectivity index is 1.60. The van der Waals surface area contributed by atoms with Crippen molar-refractivity contribution in [3.63, 3.8) is 0 Å². The lowest BCUT2D eigenvalue weighted by Gasteiger charge is -1.96. The second kappa shape index (κ2) is 5.34. The number of nitrogens with zero attached hydrogens (tertiary/aromatic N) is 3. The molecule has 19 heavy (non-hydrogen) atoms. The molecule has 0 atom stereocenters. The molecule has 6 nitrogen and oxygen atoms in total. The van der Waals surface area contributed by atoms with Gasteiger partial charge in [-0.25, -0.2) is 0 Å². The largest absolute Gasteiger partial charge is 0.408 e. The summed E-state index contributed by atoms with van der Waals surface area (Å²) in [5.74, 6) is 0.578. The third kappa shape index (κ3) is 2.98. The molecule has 0 bridgehead atoms. The predicted molar refractivity (Wildman–Crippen MR) is 67.4 cm³/mol. The monoisotopic (exact) mass is 256 g/mol. The summed E-state index contributed by atoms with van der Waals surface area (Å²) in [7, 11) is 0. The average Bonchev–Trinajstić information content (AvgIpc) is 3.09. The van der Waals surface area contributed by atoms with Gasteiger partial charge in [0.1, 0.15) is 12.0 Å². The number of hydrogen-bond donors (Lipinski definition) is 1. The second-order valence-corrected chi connectivity index (χ2v) is 4.01. The van der Waals surface area contributed by atoms with Crippen LogP contribution in [-0.4, -0.2) is 15.4 Å². The van der Waals surface area contributed by atoms with Crippen molar-refractivity contribution in [3.05, 3.63) is 59.8 Å². The second-order valence-electron chi connectivity index (χ2n) is 4.01. The normalized spacial score (nSPS) is 10.5. The quantitative estimate of drug-likeness (QED) is 0.754. The van der Waals surface area contributed by atoms with Gasteiger partial charge < -0.3 is 14.3 Å². The van der Waals surface area contributed by atoms with Crippen LogP contribution in [-0.2, 0) is 13.0 Å². The van der Waals surface area contributed by atoms with Gasteiger partial charge >= 0.3 is 6.01 Å². The van der Waals surface area contributed by atoms with Gasteiger partial charge in [0, 0.05) is 6.07 Å². The van der Waals surface area contributed by atoms with Gasteiger partial charge in [-0.2, -0.15) is 0 Å². The van der Waals surface area contributed by atoms with Crippen molar-refractivity contribution in [2.75, 3.05) is 5.32 Å². The van der Waals surface area contributed by atoms with E-state index in [4.69, 9.17) is 8.94 Å². The van der Waals surface area contributed by atoms with Crippen LogP contribution in [0.25, 0.3) is 0 Å². The number of benzene rings is 1. The smallest absolute Gasteiger partial charge is 0.315 e. The van der Waals surface area contributed by atoms with Crippen LogP contribution in [0.15, 0.2) is 51.6 Å². The first-order valence-corrected chi connectivity index (χ1v) is 5.89. The van der Waals surface area contributed by atoms with E-state index in [-0.39, 0.29) is 0 Å². The van der Waals surface area contributed by atoms with Gasteiger partial charge in [-0.3, -0.25) is 0 Å². The summed E-state index contributed by atoms with van der Waals surface area (Å²) in [6.07, 6.45) is 2.14. The first kappa shape index (κ1) is 11.5. The minimum Gasteiger partial charge on any atom is -0.408 e. The first-order chi connectivity index (χ1) is 9.40. The summed E-state index contributed by atoms with van der Waals surface area (Å²) in [6, 6.07) is 12.1. The Kier molecular flexibility index (Phi) is 3.22. The van der Waals surface area contributed by atoms with Gasteiger partial charge in [-0.15, -0.1) is 5.10 Å². The molecule has 0 fully saturated rings. The van der Waals surface area contributed by atoms with Gasteiger partial charge in [0.05, 0.1) is 13.0 Å². The summed E-state index contributed by atoms with van der Waals surface area (Å²) in [6.45, 7) is 0.490. The van der Waals surface area contributed by atoms with Crippen LogP contribution in [0.3, 0.4) is 0 Å². The lowest BCUT2D eigenvalue weighted by Crippen LogP contribution is -1.99. The molecule has 3 rings (SSSR count). The lowest BCUT2D eigenvalue weighted by atomic mass is 10.2. The molecule has 1 aromatic carbocycles. The first-order valence-electron chi connectivity index (χ1n) is 5.89. The maximum Gasteiger partial charge on any atom is 0.315 e. The highest BCUT2D eigenvalue weighted by Crippen LogP contribution is 2.11. The Bertz CT molecular complexity index is 619. The molecule has 1 N–H and O–H groups in total. The Hall–Kier alpha value is -2.63. The van der Waals surface area contributed by atoms with Crippen LogP contribution in [0.4, 0.5) is 6.01 Å². The molecule has 2 aromatic heterocycles. The molecule has 3 aromatic rings. The van der Waals surface area contributed by atoms with E-state index >= 15 is 0 Å². The van der Waals surface area contributed by atoms with Crippen LogP contribution in [0.5, 0.6) is 0 Å². The van der Waals surface area contributed by atoms with Crippen molar-refractivity contribution in [2.24, 2.45) is 0 Å².